The predicted molar refractivity (Wildman–Crippen MR) is 89.6 cm³/mol. The Morgan fingerprint density at radius 2 is 1.90 bits per heavy atom. The highest BCUT2D eigenvalue weighted by atomic mass is 32.1. The van der Waals surface area contributed by atoms with E-state index >= 15 is 0 Å². The van der Waals surface area contributed by atoms with E-state index in [1.807, 2.05) is 11.3 Å². The first-order valence-electron chi connectivity index (χ1n) is 7.93. The molecule has 0 bridgehead atoms. The molecule has 0 aromatic carbocycles. The van der Waals surface area contributed by atoms with Crippen molar-refractivity contribution in [2.45, 2.75) is 71.5 Å². The second-order valence-corrected chi connectivity index (χ2v) is 8.47. The van der Waals surface area contributed by atoms with Gasteiger partial charge in [-0.25, -0.2) is 0 Å². The normalized spacial score (nSPS) is 18.9. The lowest BCUT2D eigenvalue weighted by molar-refractivity contribution is 0.161. The first-order chi connectivity index (χ1) is 9.36. The third-order valence-corrected chi connectivity index (χ3v) is 5.74. The Morgan fingerprint density at radius 1 is 1.25 bits per heavy atom. The molecule has 0 radical (unpaired) electrons. The van der Waals surface area contributed by atoms with Crippen LogP contribution in [0, 0.1) is 0 Å². The van der Waals surface area contributed by atoms with Gasteiger partial charge in [-0.2, -0.15) is 0 Å². The zero-order valence-electron chi connectivity index (χ0n) is 13.7. The van der Waals surface area contributed by atoms with E-state index in [-0.39, 0.29) is 5.41 Å². The molecule has 0 aliphatic carbocycles. The summed E-state index contributed by atoms with van der Waals surface area (Å²) < 4.78 is 0. The monoisotopic (exact) mass is 294 g/mol. The fraction of sp³-hybridized carbons (Fsp3) is 0.765. The molecule has 0 amide bonds. The smallest absolute Gasteiger partial charge is 0.0302 e. The lowest BCUT2D eigenvalue weighted by Crippen LogP contribution is -2.44. The fourth-order valence-electron chi connectivity index (χ4n) is 2.74. The van der Waals surface area contributed by atoms with Crippen LogP contribution >= 0.6 is 11.3 Å². The summed E-state index contributed by atoms with van der Waals surface area (Å²) in [4.78, 5) is 5.55. The van der Waals surface area contributed by atoms with Crippen LogP contribution in [0.15, 0.2) is 12.1 Å². The molecule has 2 heterocycles. The zero-order valence-corrected chi connectivity index (χ0v) is 14.5. The third-order valence-electron chi connectivity index (χ3n) is 4.23. The van der Waals surface area contributed by atoms with Gasteiger partial charge in [0.25, 0.3) is 0 Å². The summed E-state index contributed by atoms with van der Waals surface area (Å²) in [5, 5.41) is 3.75. The SMILES string of the molecule is CC(C)N1CCC(NCc2ccc(C(C)(C)C)s2)CC1. The minimum atomic E-state index is 0.283. The molecule has 0 unspecified atom stereocenters. The lowest BCUT2D eigenvalue weighted by atomic mass is 9.95. The van der Waals surface area contributed by atoms with E-state index in [1.165, 1.54) is 35.7 Å². The zero-order chi connectivity index (χ0) is 14.8. The number of hydrogen-bond acceptors (Lipinski definition) is 3. The number of rotatable bonds is 4. The van der Waals surface area contributed by atoms with Crippen molar-refractivity contribution >= 4 is 11.3 Å². The van der Waals surface area contributed by atoms with E-state index in [1.54, 1.807) is 0 Å². The molecule has 20 heavy (non-hydrogen) atoms. The molecule has 1 aromatic rings. The molecule has 114 valence electrons. The number of thiophene rings is 1. The van der Waals surface area contributed by atoms with Gasteiger partial charge in [0.15, 0.2) is 0 Å². The summed E-state index contributed by atoms with van der Waals surface area (Å²) in [6, 6.07) is 5.98. The van der Waals surface area contributed by atoms with Crippen LogP contribution in [0.25, 0.3) is 0 Å². The Morgan fingerprint density at radius 3 is 2.40 bits per heavy atom. The Bertz CT molecular complexity index is 409. The molecular weight excluding hydrogens is 264 g/mol. The number of nitrogens with one attached hydrogen (secondary N) is 1. The van der Waals surface area contributed by atoms with Gasteiger partial charge in [-0.3, -0.25) is 0 Å². The summed E-state index contributed by atoms with van der Waals surface area (Å²) in [5.41, 5.74) is 0.283. The molecule has 1 saturated heterocycles. The fourth-order valence-corrected chi connectivity index (χ4v) is 3.76. The highest BCUT2D eigenvalue weighted by Crippen LogP contribution is 2.29. The molecule has 2 nitrogen and oxygen atoms in total. The second kappa shape index (κ2) is 6.59. The van der Waals surface area contributed by atoms with Crippen molar-refractivity contribution in [1.29, 1.82) is 0 Å². The van der Waals surface area contributed by atoms with E-state index in [0.717, 1.165) is 6.54 Å². The number of hydrogen-bond donors (Lipinski definition) is 1. The maximum atomic E-state index is 3.75. The molecular formula is C17H30N2S. The Balaban J connectivity index is 1.78. The molecule has 1 fully saturated rings. The molecule has 3 heteroatoms. The van der Waals surface area contributed by atoms with Gasteiger partial charge in [0, 0.05) is 28.4 Å². The maximum Gasteiger partial charge on any atom is 0.0302 e. The number of piperidine rings is 1. The van der Waals surface area contributed by atoms with Crippen LogP contribution in [0.3, 0.4) is 0 Å². The predicted octanol–water partition coefficient (Wildman–Crippen LogP) is 4.01. The maximum absolute atomic E-state index is 3.75. The molecule has 1 aliphatic rings. The number of likely N-dealkylation sites (tertiary alicyclic amines) is 1. The van der Waals surface area contributed by atoms with Crippen molar-refractivity contribution in [2.75, 3.05) is 13.1 Å². The van der Waals surface area contributed by atoms with E-state index in [9.17, 15) is 0 Å². The third kappa shape index (κ3) is 4.31. The number of nitrogens with zero attached hydrogens (tertiary/aromatic N) is 1. The van der Waals surface area contributed by atoms with Crippen molar-refractivity contribution < 1.29 is 0 Å². The van der Waals surface area contributed by atoms with Gasteiger partial charge in [-0.15, -0.1) is 11.3 Å². The quantitative estimate of drug-likeness (QED) is 0.902. The van der Waals surface area contributed by atoms with Gasteiger partial charge in [0.05, 0.1) is 0 Å². The summed E-state index contributed by atoms with van der Waals surface area (Å²) in [7, 11) is 0. The molecule has 1 N–H and O–H groups in total. The van der Waals surface area contributed by atoms with Crippen molar-refractivity contribution in [3.05, 3.63) is 21.9 Å². The van der Waals surface area contributed by atoms with E-state index in [2.05, 4.69) is 57.0 Å². The van der Waals surface area contributed by atoms with Gasteiger partial charge < -0.3 is 10.2 Å². The van der Waals surface area contributed by atoms with Crippen molar-refractivity contribution in [3.63, 3.8) is 0 Å². The van der Waals surface area contributed by atoms with E-state index < -0.39 is 0 Å². The summed E-state index contributed by atoms with van der Waals surface area (Å²) in [6.45, 7) is 15.0. The second-order valence-electron chi connectivity index (χ2n) is 7.30. The van der Waals surface area contributed by atoms with Gasteiger partial charge in [0.2, 0.25) is 0 Å². The van der Waals surface area contributed by atoms with Crippen LogP contribution in [-0.2, 0) is 12.0 Å². The van der Waals surface area contributed by atoms with E-state index in [0.29, 0.717) is 12.1 Å². The Hall–Kier alpha value is -0.380. The molecule has 0 atom stereocenters. The molecule has 0 saturated carbocycles. The van der Waals surface area contributed by atoms with Crippen molar-refractivity contribution in [1.82, 2.24) is 10.2 Å². The van der Waals surface area contributed by atoms with Crippen LogP contribution in [0.4, 0.5) is 0 Å². The van der Waals surface area contributed by atoms with Crippen LogP contribution in [0.5, 0.6) is 0 Å². The standard InChI is InChI=1S/C17H30N2S/c1-13(2)19-10-8-14(9-11-19)18-12-15-6-7-16(20-15)17(3,4)5/h6-7,13-14,18H,8-12H2,1-5H3. The van der Waals surface area contributed by atoms with Gasteiger partial charge in [-0.05, 0) is 57.3 Å². The minimum Gasteiger partial charge on any atom is -0.309 e. The average molecular weight is 295 g/mol. The first-order valence-corrected chi connectivity index (χ1v) is 8.74. The van der Waals surface area contributed by atoms with Gasteiger partial charge in [-0.1, -0.05) is 20.8 Å². The van der Waals surface area contributed by atoms with Crippen LogP contribution < -0.4 is 5.32 Å². The minimum absolute atomic E-state index is 0.283. The Kier molecular flexibility index (Phi) is 5.27. The van der Waals surface area contributed by atoms with Crippen LogP contribution in [0.2, 0.25) is 0 Å². The summed E-state index contributed by atoms with van der Waals surface area (Å²) >= 11 is 1.96. The van der Waals surface area contributed by atoms with E-state index in [4.69, 9.17) is 0 Å². The molecule has 1 aliphatic heterocycles. The molecule has 0 spiro atoms. The lowest BCUT2D eigenvalue weighted by Gasteiger charge is -2.34. The topological polar surface area (TPSA) is 15.3 Å². The first kappa shape index (κ1) is 16.0. The summed E-state index contributed by atoms with van der Waals surface area (Å²) in [5.74, 6) is 0. The van der Waals surface area contributed by atoms with Crippen LogP contribution in [-0.4, -0.2) is 30.1 Å². The van der Waals surface area contributed by atoms with Crippen molar-refractivity contribution in [2.24, 2.45) is 0 Å². The van der Waals surface area contributed by atoms with Gasteiger partial charge in [0.1, 0.15) is 0 Å². The summed E-state index contributed by atoms with van der Waals surface area (Å²) in [6.07, 6.45) is 2.57. The largest absolute Gasteiger partial charge is 0.309 e. The van der Waals surface area contributed by atoms with Crippen molar-refractivity contribution in [3.8, 4) is 0 Å². The van der Waals surface area contributed by atoms with Gasteiger partial charge >= 0.3 is 0 Å². The Labute approximate surface area is 128 Å². The van der Waals surface area contributed by atoms with Crippen LogP contribution in [0.1, 0.15) is 57.2 Å². The molecule has 1 aromatic heterocycles. The highest BCUT2D eigenvalue weighted by molar-refractivity contribution is 7.12. The highest BCUT2D eigenvalue weighted by Gasteiger charge is 2.21. The molecule has 2 rings (SSSR count). The average Bonchev–Trinajstić information content (AvgIpc) is 2.85.